The van der Waals surface area contributed by atoms with Crippen LogP contribution in [0.5, 0.6) is 11.5 Å². The van der Waals surface area contributed by atoms with Gasteiger partial charge in [-0.1, -0.05) is 0 Å². The number of nitrogens with zero attached hydrogens (tertiary/aromatic N) is 1. The highest BCUT2D eigenvalue weighted by Crippen LogP contribution is 2.35. The molecule has 0 bridgehead atoms. The van der Waals surface area contributed by atoms with E-state index in [0.717, 1.165) is 7.11 Å². The van der Waals surface area contributed by atoms with Crippen LogP contribution in [0.2, 0.25) is 0 Å². The van der Waals surface area contributed by atoms with E-state index < -0.39 is 41.6 Å². The van der Waals surface area contributed by atoms with Crippen LogP contribution in [0, 0.1) is 11.3 Å². The molecule has 0 spiro atoms. The predicted molar refractivity (Wildman–Crippen MR) is 55.8 cm³/mol. The van der Waals surface area contributed by atoms with Crippen molar-refractivity contribution in [3.63, 3.8) is 0 Å². The highest BCUT2D eigenvalue weighted by Gasteiger charge is 2.35. The minimum Gasteiger partial charge on any atom is -0.465 e. The lowest BCUT2D eigenvalue weighted by Gasteiger charge is -2.16. The van der Waals surface area contributed by atoms with Crippen molar-refractivity contribution in [3.8, 4) is 17.6 Å². The molecule has 0 radical (unpaired) electrons. The standard InChI is InChI=1S/C11H6F5NO4/c1-19-9(18)8-6(20-10(12)13)2-5(4-17)3-7(8)21-11(14,15)16/h2-3,10H,1H3. The van der Waals surface area contributed by atoms with E-state index >= 15 is 0 Å². The van der Waals surface area contributed by atoms with Crippen LogP contribution in [0.3, 0.4) is 0 Å². The third kappa shape index (κ3) is 4.48. The summed E-state index contributed by atoms with van der Waals surface area (Å²) in [7, 11) is 0.823. The Morgan fingerprint density at radius 1 is 1.29 bits per heavy atom. The second-order valence-corrected chi connectivity index (χ2v) is 3.38. The summed E-state index contributed by atoms with van der Waals surface area (Å²) in [5, 5.41) is 8.66. The molecule has 114 valence electrons. The molecule has 0 aromatic heterocycles. The lowest BCUT2D eigenvalue weighted by Crippen LogP contribution is -2.20. The third-order valence-corrected chi connectivity index (χ3v) is 2.03. The van der Waals surface area contributed by atoms with Gasteiger partial charge in [0.05, 0.1) is 18.7 Å². The lowest BCUT2D eigenvalue weighted by atomic mass is 10.1. The molecule has 1 rings (SSSR count). The van der Waals surface area contributed by atoms with Gasteiger partial charge in [-0.05, 0) is 12.1 Å². The summed E-state index contributed by atoms with van der Waals surface area (Å²) >= 11 is 0. The molecule has 0 saturated heterocycles. The van der Waals surface area contributed by atoms with E-state index in [1.54, 1.807) is 0 Å². The van der Waals surface area contributed by atoms with E-state index in [1.807, 2.05) is 0 Å². The Bertz CT molecular complexity index is 579. The molecule has 1 aromatic rings. The van der Waals surface area contributed by atoms with Crippen molar-refractivity contribution in [2.75, 3.05) is 7.11 Å². The number of hydrogen-bond donors (Lipinski definition) is 0. The summed E-state index contributed by atoms with van der Waals surface area (Å²) in [5.74, 6) is -3.53. The third-order valence-electron chi connectivity index (χ3n) is 2.03. The maximum absolute atomic E-state index is 12.3. The van der Waals surface area contributed by atoms with E-state index in [0.29, 0.717) is 12.1 Å². The molecule has 0 fully saturated rings. The van der Waals surface area contributed by atoms with Crippen LogP contribution in [0.15, 0.2) is 12.1 Å². The lowest BCUT2D eigenvalue weighted by molar-refractivity contribution is -0.274. The average molecular weight is 311 g/mol. The van der Waals surface area contributed by atoms with Crippen LogP contribution in [0.25, 0.3) is 0 Å². The predicted octanol–water partition coefficient (Wildman–Crippen LogP) is 2.84. The number of halogens is 5. The highest BCUT2D eigenvalue weighted by atomic mass is 19.4. The monoisotopic (exact) mass is 311 g/mol. The fourth-order valence-electron chi connectivity index (χ4n) is 1.35. The van der Waals surface area contributed by atoms with Gasteiger partial charge >= 0.3 is 18.9 Å². The summed E-state index contributed by atoms with van der Waals surface area (Å²) in [6.45, 7) is -3.43. The van der Waals surface area contributed by atoms with Crippen LogP contribution in [-0.4, -0.2) is 26.1 Å². The molecule has 0 saturated carbocycles. The van der Waals surface area contributed by atoms with Gasteiger partial charge in [-0.15, -0.1) is 13.2 Å². The van der Waals surface area contributed by atoms with Gasteiger partial charge in [-0.25, -0.2) is 4.79 Å². The molecule has 0 unspecified atom stereocenters. The van der Waals surface area contributed by atoms with Crippen LogP contribution < -0.4 is 9.47 Å². The average Bonchev–Trinajstić information content (AvgIpc) is 2.34. The molecule has 5 nitrogen and oxygen atoms in total. The van der Waals surface area contributed by atoms with Crippen molar-refractivity contribution in [2.24, 2.45) is 0 Å². The van der Waals surface area contributed by atoms with Gasteiger partial charge in [0.1, 0.15) is 17.1 Å². The number of alkyl halides is 5. The van der Waals surface area contributed by atoms with Crippen LogP contribution >= 0.6 is 0 Å². The molecular weight excluding hydrogens is 305 g/mol. The van der Waals surface area contributed by atoms with Crippen molar-refractivity contribution < 1.29 is 41.0 Å². The van der Waals surface area contributed by atoms with Gasteiger partial charge in [-0.2, -0.15) is 14.0 Å². The smallest absolute Gasteiger partial charge is 0.465 e. The molecule has 0 aliphatic heterocycles. The molecule has 0 aliphatic rings. The number of methoxy groups -OCH3 is 1. The summed E-state index contributed by atoms with van der Waals surface area (Å²) < 4.78 is 73.0. The number of nitriles is 1. The molecule has 21 heavy (non-hydrogen) atoms. The van der Waals surface area contributed by atoms with E-state index in [1.165, 1.54) is 6.07 Å². The van der Waals surface area contributed by atoms with Gasteiger partial charge in [0, 0.05) is 0 Å². The van der Waals surface area contributed by atoms with Gasteiger partial charge in [0.2, 0.25) is 0 Å². The number of ether oxygens (including phenoxy) is 3. The first-order valence-corrected chi connectivity index (χ1v) is 5.05. The normalized spacial score (nSPS) is 11.0. The summed E-state index contributed by atoms with van der Waals surface area (Å²) in [6, 6.07) is 2.65. The molecule has 10 heteroatoms. The maximum atomic E-state index is 12.3. The maximum Gasteiger partial charge on any atom is 0.573 e. The van der Waals surface area contributed by atoms with E-state index in [-0.39, 0.29) is 0 Å². The Labute approximate surface area is 114 Å². The molecule has 0 atom stereocenters. The molecule has 0 amide bonds. The topological polar surface area (TPSA) is 68.5 Å². The van der Waals surface area contributed by atoms with Gasteiger partial charge < -0.3 is 14.2 Å². The summed E-state index contributed by atoms with van der Waals surface area (Å²) in [4.78, 5) is 11.4. The number of rotatable bonds is 4. The molecule has 0 N–H and O–H groups in total. The zero-order valence-corrected chi connectivity index (χ0v) is 10.2. The van der Waals surface area contributed by atoms with Gasteiger partial charge in [-0.3, -0.25) is 0 Å². The summed E-state index contributed by atoms with van der Waals surface area (Å²) in [5.41, 5.74) is -1.48. The minimum atomic E-state index is -5.21. The molecular formula is C11H6F5NO4. The quantitative estimate of drug-likeness (QED) is 0.632. The first-order valence-electron chi connectivity index (χ1n) is 5.05. The van der Waals surface area contributed by atoms with E-state index in [9.17, 15) is 26.7 Å². The largest absolute Gasteiger partial charge is 0.573 e. The highest BCUT2D eigenvalue weighted by molar-refractivity contribution is 5.96. The first kappa shape index (κ1) is 16.5. The van der Waals surface area contributed by atoms with E-state index in [4.69, 9.17) is 5.26 Å². The van der Waals surface area contributed by atoms with Crippen LogP contribution in [0.1, 0.15) is 15.9 Å². The van der Waals surface area contributed by atoms with Crippen molar-refractivity contribution >= 4 is 5.97 Å². The Hall–Kier alpha value is -2.57. The van der Waals surface area contributed by atoms with Gasteiger partial charge in [0.25, 0.3) is 0 Å². The Kier molecular flexibility index (Phi) is 4.91. The first-order chi connectivity index (χ1) is 9.67. The minimum absolute atomic E-state index is 0.474. The number of hydrogen-bond acceptors (Lipinski definition) is 5. The number of esters is 1. The van der Waals surface area contributed by atoms with Crippen molar-refractivity contribution in [1.29, 1.82) is 5.26 Å². The Balaban J connectivity index is 3.50. The van der Waals surface area contributed by atoms with Crippen LogP contribution in [0.4, 0.5) is 22.0 Å². The number of benzene rings is 1. The van der Waals surface area contributed by atoms with Crippen LogP contribution in [-0.2, 0) is 4.74 Å². The molecule has 1 aromatic carbocycles. The number of carbonyl (C=O) groups excluding carboxylic acids is 1. The van der Waals surface area contributed by atoms with Crippen molar-refractivity contribution in [3.05, 3.63) is 23.3 Å². The Morgan fingerprint density at radius 3 is 2.29 bits per heavy atom. The zero-order chi connectivity index (χ0) is 16.2. The number of carbonyl (C=O) groups is 1. The van der Waals surface area contributed by atoms with Crippen molar-refractivity contribution in [1.82, 2.24) is 0 Å². The fraction of sp³-hybridized carbons (Fsp3) is 0.273. The second-order valence-electron chi connectivity index (χ2n) is 3.38. The fourth-order valence-corrected chi connectivity index (χ4v) is 1.35. The second kappa shape index (κ2) is 6.25. The van der Waals surface area contributed by atoms with E-state index in [2.05, 4.69) is 14.2 Å². The summed E-state index contributed by atoms with van der Waals surface area (Å²) in [6.07, 6.45) is -5.21. The molecule has 0 aliphatic carbocycles. The molecule has 0 heterocycles. The van der Waals surface area contributed by atoms with Crippen molar-refractivity contribution in [2.45, 2.75) is 13.0 Å². The Morgan fingerprint density at radius 2 is 1.86 bits per heavy atom. The zero-order valence-electron chi connectivity index (χ0n) is 10.2. The van der Waals surface area contributed by atoms with Gasteiger partial charge in [0.15, 0.2) is 0 Å². The SMILES string of the molecule is COC(=O)c1c(OC(F)F)cc(C#N)cc1OC(F)(F)F.